The summed E-state index contributed by atoms with van der Waals surface area (Å²) < 4.78 is 1.24. The van der Waals surface area contributed by atoms with Gasteiger partial charge in [-0.2, -0.15) is 4.98 Å². The summed E-state index contributed by atoms with van der Waals surface area (Å²) in [5.74, 6) is 0.342. The Morgan fingerprint density at radius 2 is 2.42 bits per heavy atom. The summed E-state index contributed by atoms with van der Waals surface area (Å²) in [6.45, 7) is 0. The number of aromatic nitrogens is 8. The zero-order valence-corrected chi connectivity index (χ0v) is 5.71. The summed E-state index contributed by atoms with van der Waals surface area (Å²) in [7, 11) is 0. The summed E-state index contributed by atoms with van der Waals surface area (Å²) in [5, 5.41) is 14.6. The first-order valence-electron chi connectivity index (χ1n) is 3.19. The van der Waals surface area contributed by atoms with Crippen LogP contribution in [0.25, 0.3) is 17.1 Å². The number of fused-ring (bicyclic) bond motifs is 2. The van der Waals surface area contributed by atoms with Crippen molar-refractivity contribution in [3.8, 4) is 0 Å². The Labute approximate surface area is 64.6 Å². The molecular weight excluding hydrogens is 160 g/mol. The third-order valence-corrected chi connectivity index (χ3v) is 1.44. The van der Waals surface area contributed by atoms with Crippen LogP contribution in [0.4, 0.5) is 0 Å². The molecule has 3 aromatic heterocycles. The van der Waals surface area contributed by atoms with Crippen LogP contribution in [0.2, 0.25) is 0 Å². The number of nitrogens with zero attached hydrogens (tertiary/aromatic N) is 7. The zero-order valence-electron chi connectivity index (χ0n) is 5.71. The molecule has 0 aliphatic heterocycles. The van der Waals surface area contributed by atoms with Gasteiger partial charge >= 0.3 is 0 Å². The number of rotatable bonds is 0. The molecule has 0 radical (unpaired) electrons. The Balaban J connectivity index is 2.62. The lowest BCUT2D eigenvalue weighted by molar-refractivity contribution is 0.737. The molecule has 0 bridgehead atoms. The summed E-state index contributed by atoms with van der Waals surface area (Å²) in [4.78, 5) is 10.7. The monoisotopic (exact) mass is 162 g/mol. The Morgan fingerprint density at radius 1 is 1.42 bits per heavy atom. The van der Waals surface area contributed by atoms with Gasteiger partial charge in [0.2, 0.25) is 5.65 Å². The van der Waals surface area contributed by atoms with E-state index in [2.05, 4.69) is 35.6 Å². The minimum absolute atomic E-state index is 0.342. The Bertz CT molecular complexity index is 443. The van der Waals surface area contributed by atoms with Crippen LogP contribution in [0.3, 0.4) is 0 Å². The van der Waals surface area contributed by atoms with Crippen LogP contribution in [0, 0.1) is 0 Å². The van der Waals surface area contributed by atoms with Gasteiger partial charge in [-0.15, -0.1) is 5.10 Å². The lowest BCUT2D eigenvalue weighted by Gasteiger charge is -1.85. The van der Waals surface area contributed by atoms with E-state index in [1.54, 1.807) is 0 Å². The van der Waals surface area contributed by atoms with Crippen molar-refractivity contribution in [2.45, 2.75) is 0 Å². The van der Waals surface area contributed by atoms with Crippen molar-refractivity contribution in [2.24, 2.45) is 0 Å². The molecule has 8 heteroatoms. The molecule has 0 spiro atoms. The third kappa shape index (κ3) is 0.557. The van der Waals surface area contributed by atoms with Crippen molar-refractivity contribution >= 4 is 17.1 Å². The number of tetrazole rings is 1. The molecule has 0 unspecified atom stereocenters. The maximum atomic E-state index is 4.02. The molecule has 0 amide bonds. The molecule has 1 N–H and O–H groups in total. The van der Waals surface area contributed by atoms with E-state index < -0.39 is 0 Å². The average Bonchev–Trinajstić information content (AvgIpc) is 2.64. The number of nitrogens with one attached hydrogen (secondary N) is 1. The average molecular weight is 162 g/mol. The highest BCUT2D eigenvalue weighted by Gasteiger charge is 2.04. The standard InChI is InChI=1S/C4H2N8/c1-5-2-3(6-1)9-12-4(7-2)8-10-11-12/h1H,(H,5,6,7,8,9,11). The van der Waals surface area contributed by atoms with Crippen LogP contribution in [0.15, 0.2) is 6.33 Å². The fourth-order valence-electron chi connectivity index (χ4n) is 0.935. The van der Waals surface area contributed by atoms with E-state index in [0.717, 1.165) is 0 Å². The lowest BCUT2D eigenvalue weighted by Crippen LogP contribution is -1.97. The highest BCUT2D eigenvalue weighted by Crippen LogP contribution is 2.00. The van der Waals surface area contributed by atoms with Crippen LogP contribution in [-0.4, -0.2) is 40.2 Å². The van der Waals surface area contributed by atoms with Gasteiger partial charge < -0.3 is 4.98 Å². The summed E-state index contributed by atoms with van der Waals surface area (Å²) in [5.41, 5.74) is 1.08. The van der Waals surface area contributed by atoms with Crippen molar-refractivity contribution in [1.29, 1.82) is 0 Å². The maximum Gasteiger partial charge on any atom is 0.293 e. The van der Waals surface area contributed by atoms with Gasteiger partial charge in [0.15, 0.2) is 5.65 Å². The molecule has 3 aromatic rings. The van der Waals surface area contributed by atoms with Gasteiger partial charge in [-0.25, -0.2) is 4.98 Å². The molecule has 3 heterocycles. The van der Waals surface area contributed by atoms with Crippen molar-refractivity contribution in [3.05, 3.63) is 6.33 Å². The molecule has 0 atom stereocenters. The molecule has 3 rings (SSSR count). The number of aromatic amines is 1. The van der Waals surface area contributed by atoms with Crippen LogP contribution >= 0.6 is 0 Å². The van der Waals surface area contributed by atoms with Gasteiger partial charge in [0, 0.05) is 0 Å². The number of hydrogen-bond acceptors (Lipinski definition) is 6. The van der Waals surface area contributed by atoms with Gasteiger partial charge in [0.05, 0.1) is 6.33 Å². The minimum atomic E-state index is 0.342. The van der Waals surface area contributed by atoms with Crippen LogP contribution in [0.1, 0.15) is 0 Å². The fraction of sp³-hybridized carbons (Fsp3) is 0. The first kappa shape index (κ1) is 5.52. The van der Waals surface area contributed by atoms with Crippen LogP contribution in [-0.2, 0) is 0 Å². The van der Waals surface area contributed by atoms with Crippen LogP contribution < -0.4 is 0 Å². The van der Waals surface area contributed by atoms with Crippen molar-refractivity contribution < 1.29 is 0 Å². The second kappa shape index (κ2) is 1.72. The first-order valence-corrected chi connectivity index (χ1v) is 3.19. The van der Waals surface area contributed by atoms with Gasteiger partial charge in [0.25, 0.3) is 5.78 Å². The number of H-pyrrole nitrogens is 1. The summed E-state index contributed by atoms with van der Waals surface area (Å²) in [6, 6.07) is 0. The van der Waals surface area contributed by atoms with Crippen molar-refractivity contribution in [3.63, 3.8) is 0 Å². The first-order chi connectivity index (χ1) is 5.93. The SMILES string of the molecule is c1nc2nc3nnnn3nc2[nH]1. The molecule has 8 nitrogen and oxygen atoms in total. The molecule has 0 aliphatic rings. The normalized spacial score (nSPS) is 11.3. The molecular formula is C4H2N8. The predicted octanol–water partition coefficient (Wildman–Crippen LogP) is -1.21. The molecule has 58 valence electrons. The quantitative estimate of drug-likeness (QED) is 0.445. The van der Waals surface area contributed by atoms with E-state index in [-0.39, 0.29) is 0 Å². The van der Waals surface area contributed by atoms with Gasteiger partial charge in [0.1, 0.15) is 0 Å². The van der Waals surface area contributed by atoms with Gasteiger partial charge in [-0.3, -0.25) is 0 Å². The summed E-state index contributed by atoms with van der Waals surface area (Å²) >= 11 is 0. The van der Waals surface area contributed by atoms with Gasteiger partial charge in [-0.05, 0) is 10.4 Å². The molecule has 0 saturated carbocycles. The summed E-state index contributed by atoms with van der Waals surface area (Å²) in [6.07, 6.45) is 1.51. The largest absolute Gasteiger partial charge is 0.326 e. The minimum Gasteiger partial charge on any atom is -0.326 e. The third-order valence-electron chi connectivity index (χ3n) is 1.44. The van der Waals surface area contributed by atoms with E-state index in [0.29, 0.717) is 17.1 Å². The smallest absolute Gasteiger partial charge is 0.293 e. The maximum absolute atomic E-state index is 4.02. The highest BCUT2D eigenvalue weighted by atomic mass is 15.6. The van der Waals surface area contributed by atoms with Crippen molar-refractivity contribution in [1.82, 2.24) is 40.2 Å². The van der Waals surface area contributed by atoms with Crippen LogP contribution in [0.5, 0.6) is 0 Å². The van der Waals surface area contributed by atoms with E-state index in [1.807, 2.05) is 0 Å². The molecule has 12 heavy (non-hydrogen) atoms. The van der Waals surface area contributed by atoms with E-state index >= 15 is 0 Å². The van der Waals surface area contributed by atoms with E-state index in [4.69, 9.17) is 0 Å². The van der Waals surface area contributed by atoms with E-state index in [9.17, 15) is 0 Å². The molecule has 0 saturated heterocycles. The lowest BCUT2D eigenvalue weighted by atomic mass is 10.7. The highest BCUT2D eigenvalue weighted by molar-refractivity contribution is 5.65. The number of hydrogen-bond donors (Lipinski definition) is 1. The van der Waals surface area contributed by atoms with Crippen molar-refractivity contribution in [2.75, 3.05) is 0 Å². The zero-order chi connectivity index (χ0) is 7.97. The Hall–Kier alpha value is -2.12. The molecule has 0 aliphatic carbocycles. The second-order valence-electron chi connectivity index (χ2n) is 2.15. The molecule has 0 aromatic carbocycles. The fourth-order valence-corrected chi connectivity index (χ4v) is 0.935. The second-order valence-corrected chi connectivity index (χ2v) is 2.15. The Kier molecular flexibility index (Phi) is 0.793. The topological polar surface area (TPSA) is 97.5 Å². The van der Waals surface area contributed by atoms with Gasteiger partial charge in [-0.1, -0.05) is 9.73 Å². The van der Waals surface area contributed by atoms with E-state index in [1.165, 1.54) is 11.0 Å². The number of imidazole rings is 1. The predicted molar refractivity (Wildman–Crippen MR) is 36.0 cm³/mol. The Morgan fingerprint density at radius 3 is 3.42 bits per heavy atom. The molecule has 0 fully saturated rings.